The van der Waals surface area contributed by atoms with Gasteiger partial charge in [-0.2, -0.15) is 0 Å². The molecule has 0 heterocycles. The van der Waals surface area contributed by atoms with Gasteiger partial charge in [0, 0.05) is 24.2 Å². The normalized spacial score (nSPS) is 16.3. The van der Waals surface area contributed by atoms with Crippen LogP contribution in [-0.2, 0) is 9.47 Å². The molecule has 1 N–H and O–H groups in total. The summed E-state index contributed by atoms with van der Waals surface area (Å²) in [5.74, 6) is 0. The molecule has 0 aliphatic heterocycles. The van der Waals surface area contributed by atoms with Crippen molar-refractivity contribution >= 4 is 11.6 Å². The monoisotopic (exact) mass is 297 g/mol. The highest BCUT2D eigenvalue weighted by molar-refractivity contribution is 6.30. The van der Waals surface area contributed by atoms with Crippen LogP contribution in [0.15, 0.2) is 24.3 Å². The van der Waals surface area contributed by atoms with Gasteiger partial charge in [0.15, 0.2) is 0 Å². The Balaban J connectivity index is 1.82. The maximum atomic E-state index is 6.07. The van der Waals surface area contributed by atoms with Crippen LogP contribution >= 0.6 is 11.6 Å². The van der Waals surface area contributed by atoms with Gasteiger partial charge in [-0.3, -0.25) is 0 Å². The van der Waals surface area contributed by atoms with Gasteiger partial charge in [-0.1, -0.05) is 30.7 Å². The largest absolute Gasteiger partial charge is 0.379 e. The van der Waals surface area contributed by atoms with Gasteiger partial charge in [0.2, 0.25) is 0 Å². The molecule has 1 unspecified atom stereocenters. The molecule has 1 aliphatic carbocycles. The van der Waals surface area contributed by atoms with Crippen molar-refractivity contribution in [1.82, 2.24) is 5.32 Å². The molecule has 0 spiro atoms. The van der Waals surface area contributed by atoms with Crippen LogP contribution < -0.4 is 5.32 Å². The third-order valence-electron chi connectivity index (χ3n) is 3.28. The Kier molecular flexibility index (Phi) is 6.80. The summed E-state index contributed by atoms with van der Waals surface area (Å²) in [6, 6.07) is 8.59. The van der Waals surface area contributed by atoms with Crippen molar-refractivity contribution in [2.75, 3.05) is 26.4 Å². The molecule has 112 valence electrons. The molecule has 0 radical (unpaired) electrons. The van der Waals surface area contributed by atoms with E-state index in [-0.39, 0.29) is 6.10 Å². The van der Waals surface area contributed by atoms with Crippen molar-refractivity contribution in [2.24, 2.45) is 0 Å². The van der Waals surface area contributed by atoms with E-state index < -0.39 is 0 Å². The van der Waals surface area contributed by atoms with E-state index in [4.69, 9.17) is 21.1 Å². The van der Waals surface area contributed by atoms with Crippen molar-refractivity contribution in [3.05, 3.63) is 34.9 Å². The summed E-state index contributed by atoms with van der Waals surface area (Å²) in [5, 5.41) is 4.27. The average Bonchev–Trinajstić information content (AvgIpc) is 3.26. The molecule has 2 rings (SSSR count). The first-order chi connectivity index (χ1) is 9.79. The van der Waals surface area contributed by atoms with E-state index in [9.17, 15) is 0 Å². The van der Waals surface area contributed by atoms with Gasteiger partial charge >= 0.3 is 0 Å². The quantitative estimate of drug-likeness (QED) is 0.670. The smallest absolute Gasteiger partial charge is 0.0950 e. The summed E-state index contributed by atoms with van der Waals surface area (Å²) >= 11 is 6.07. The van der Waals surface area contributed by atoms with Crippen molar-refractivity contribution in [3.8, 4) is 0 Å². The first-order valence-electron chi connectivity index (χ1n) is 7.47. The number of benzene rings is 1. The number of nitrogens with one attached hydrogen (secondary N) is 1. The van der Waals surface area contributed by atoms with E-state index >= 15 is 0 Å². The van der Waals surface area contributed by atoms with Gasteiger partial charge in [0.05, 0.1) is 19.3 Å². The molecule has 1 atom stereocenters. The number of hydrogen-bond donors (Lipinski definition) is 1. The summed E-state index contributed by atoms with van der Waals surface area (Å²) in [6.45, 7) is 5.00. The van der Waals surface area contributed by atoms with Crippen molar-refractivity contribution < 1.29 is 9.47 Å². The number of hydrogen-bond acceptors (Lipinski definition) is 3. The summed E-state index contributed by atoms with van der Waals surface area (Å²) in [6.07, 6.45) is 3.64. The first-order valence-corrected chi connectivity index (χ1v) is 7.85. The molecular weight excluding hydrogens is 274 g/mol. The zero-order valence-corrected chi connectivity index (χ0v) is 12.9. The highest BCUT2D eigenvalue weighted by atomic mass is 35.5. The minimum absolute atomic E-state index is 0.0412. The van der Waals surface area contributed by atoms with E-state index in [0.29, 0.717) is 19.3 Å². The molecule has 0 saturated heterocycles. The maximum Gasteiger partial charge on any atom is 0.0950 e. The van der Waals surface area contributed by atoms with Gasteiger partial charge in [0.1, 0.15) is 0 Å². The standard InChI is InChI=1S/C16H24ClNO2/c1-2-8-19-9-10-20-16(12-18-15-6-7-15)13-4-3-5-14(17)11-13/h3-5,11,15-16,18H,2,6-10,12H2,1H3. The minimum Gasteiger partial charge on any atom is -0.379 e. The Morgan fingerprint density at radius 1 is 1.30 bits per heavy atom. The molecule has 1 saturated carbocycles. The third-order valence-corrected chi connectivity index (χ3v) is 3.52. The van der Waals surface area contributed by atoms with Gasteiger partial charge in [0.25, 0.3) is 0 Å². The number of ether oxygens (including phenoxy) is 2. The fraction of sp³-hybridized carbons (Fsp3) is 0.625. The third kappa shape index (κ3) is 5.80. The van der Waals surface area contributed by atoms with Crippen LogP contribution in [0.3, 0.4) is 0 Å². The number of rotatable bonds is 10. The Hall–Kier alpha value is -0.610. The minimum atomic E-state index is 0.0412. The maximum absolute atomic E-state index is 6.07. The summed E-state index contributed by atoms with van der Waals surface area (Å²) in [4.78, 5) is 0. The Morgan fingerprint density at radius 2 is 2.15 bits per heavy atom. The molecule has 1 aliphatic rings. The lowest BCUT2D eigenvalue weighted by Gasteiger charge is -2.19. The molecule has 0 amide bonds. The fourth-order valence-electron chi connectivity index (χ4n) is 2.04. The van der Waals surface area contributed by atoms with Crippen LogP contribution in [-0.4, -0.2) is 32.4 Å². The predicted molar refractivity (Wildman–Crippen MR) is 82.3 cm³/mol. The predicted octanol–water partition coefficient (Wildman–Crippen LogP) is 3.58. The van der Waals surface area contributed by atoms with E-state index in [0.717, 1.165) is 30.2 Å². The second-order valence-corrected chi connectivity index (χ2v) is 5.65. The summed E-state index contributed by atoms with van der Waals surface area (Å²) in [5.41, 5.74) is 1.13. The average molecular weight is 298 g/mol. The Labute approximate surface area is 126 Å². The van der Waals surface area contributed by atoms with E-state index in [1.165, 1.54) is 12.8 Å². The zero-order valence-electron chi connectivity index (χ0n) is 12.1. The Bertz CT molecular complexity index is 396. The molecule has 0 aromatic heterocycles. The van der Waals surface area contributed by atoms with E-state index in [1.54, 1.807) is 0 Å². The lowest BCUT2D eigenvalue weighted by atomic mass is 10.1. The molecule has 4 heteroatoms. The highest BCUT2D eigenvalue weighted by Crippen LogP contribution is 2.23. The van der Waals surface area contributed by atoms with Crippen molar-refractivity contribution in [1.29, 1.82) is 0 Å². The molecule has 1 aromatic carbocycles. The van der Waals surface area contributed by atoms with Crippen molar-refractivity contribution in [2.45, 2.75) is 38.3 Å². The van der Waals surface area contributed by atoms with Gasteiger partial charge < -0.3 is 14.8 Å². The number of halogens is 1. The fourth-order valence-corrected chi connectivity index (χ4v) is 2.24. The van der Waals surface area contributed by atoms with Crippen LogP contribution in [0, 0.1) is 0 Å². The van der Waals surface area contributed by atoms with Crippen LogP contribution in [0.25, 0.3) is 0 Å². The van der Waals surface area contributed by atoms with Crippen LogP contribution in [0.5, 0.6) is 0 Å². The lowest BCUT2D eigenvalue weighted by Crippen LogP contribution is -2.26. The molecule has 1 fully saturated rings. The second kappa shape index (κ2) is 8.63. The molecule has 1 aromatic rings. The van der Waals surface area contributed by atoms with Crippen LogP contribution in [0.1, 0.15) is 37.9 Å². The summed E-state index contributed by atoms with van der Waals surface area (Å²) in [7, 11) is 0. The van der Waals surface area contributed by atoms with Gasteiger partial charge in [-0.15, -0.1) is 0 Å². The Morgan fingerprint density at radius 3 is 2.85 bits per heavy atom. The molecule has 20 heavy (non-hydrogen) atoms. The van der Waals surface area contributed by atoms with Crippen LogP contribution in [0.4, 0.5) is 0 Å². The molecule has 3 nitrogen and oxygen atoms in total. The van der Waals surface area contributed by atoms with E-state index in [1.807, 2.05) is 18.2 Å². The molecular formula is C16H24ClNO2. The first kappa shape index (κ1) is 15.8. The molecule has 0 bridgehead atoms. The van der Waals surface area contributed by atoms with Gasteiger partial charge in [-0.25, -0.2) is 0 Å². The van der Waals surface area contributed by atoms with E-state index in [2.05, 4.69) is 18.3 Å². The van der Waals surface area contributed by atoms with Crippen LogP contribution in [0.2, 0.25) is 5.02 Å². The summed E-state index contributed by atoms with van der Waals surface area (Å²) < 4.78 is 11.4. The second-order valence-electron chi connectivity index (χ2n) is 5.21. The lowest BCUT2D eigenvalue weighted by molar-refractivity contribution is 0.00412. The zero-order chi connectivity index (χ0) is 14.2. The SMILES string of the molecule is CCCOCCOC(CNC1CC1)c1cccc(Cl)c1. The van der Waals surface area contributed by atoms with Gasteiger partial charge in [-0.05, 0) is 37.0 Å². The highest BCUT2D eigenvalue weighted by Gasteiger charge is 2.22. The van der Waals surface area contributed by atoms with Crippen molar-refractivity contribution in [3.63, 3.8) is 0 Å². The topological polar surface area (TPSA) is 30.5 Å².